The second-order valence-corrected chi connectivity index (χ2v) is 11.4. The third-order valence-electron chi connectivity index (χ3n) is 7.86. The van der Waals surface area contributed by atoms with Crippen LogP contribution in [0.1, 0.15) is 49.5 Å². The summed E-state index contributed by atoms with van der Waals surface area (Å²) < 4.78 is 61.5. The van der Waals surface area contributed by atoms with Gasteiger partial charge in [-0.1, -0.05) is 6.08 Å². The maximum Gasteiger partial charge on any atom is 0.395 e. The number of rotatable bonds is 5. The summed E-state index contributed by atoms with van der Waals surface area (Å²) in [6.45, 7) is 4.94. The Balaban J connectivity index is 1.49. The van der Waals surface area contributed by atoms with Gasteiger partial charge >= 0.3 is 6.18 Å². The number of Topliss-reactive ketones (excluding diaryl/α,β-unsaturated/α-hetero) is 1. The molecule has 1 N–H and O–H groups in total. The van der Waals surface area contributed by atoms with E-state index >= 15 is 4.39 Å². The minimum Gasteiger partial charge on any atom is -0.495 e. The molecule has 7 nitrogen and oxygen atoms in total. The van der Waals surface area contributed by atoms with Crippen LogP contribution in [-0.2, 0) is 16.0 Å². The summed E-state index contributed by atoms with van der Waals surface area (Å²) in [6.07, 6.45) is 2.74. The SMILES string of the molecule is COC1=C(N2C(=O)C(C)(C)N(c3cc(F)c4c(c3)C(=O)C(CC3(C)N=CC=CN3)C4)C2=S)CC(C(F)(F)F)C=C1. The number of amides is 1. The van der Waals surface area contributed by atoms with E-state index in [9.17, 15) is 22.8 Å². The van der Waals surface area contributed by atoms with Crippen molar-refractivity contribution in [1.82, 2.24) is 10.2 Å². The second-order valence-electron chi connectivity index (χ2n) is 11.0. The lowest BCUT2D eigenvalue weighted by molar-refractivity contribution is -0.162. The summed E-state index contributed by atoms with van der Waals surface area (Å²) in [5.74, 6) is -3.72. The molecule has 12 heteroatoms. The molecule has 1 aromatic carbocycles. The van der Waals surface area contributed by atoms with Crippen molar-refractivity contribution in [3.63, 3.8) is 0 Å². The van der Waals surface area contributed by atoms with E-state index in [1.54, 1.807) is 32.3 Å². The van der Waals surface area contributed by atoms with Crippen LogP contribution >= 0.6 is 12.2 Å². The van der Waals surface area contributed by atoms with Gasteiger partial charge < -0.3 is 15.0 Å². The maximum atomic E-state index is 15.5. The van der Waals surface area contributed by atoms with Gasteiger partial charge in [0, 0.05) is 36.2 Å². The number of ether oxygens (including phenoxy) is 1. The number of carbonyl (C=O) groups is 2. The first-order chi connectivity index (χ1) is 18.7. The molecule has 1 fully saturated rings. The van der Waals surface area contributed by atoms with Crippen LogP contribution in [0.15, 0.2) is 53.0 Å². The molecule has 3 atom stereocenters. The average Bonchev–Trinajstić information content (AvgIpc) is 3.27. The van der Waals surface area contributed by atoms with Crippen LogP contribution in [0.4, 0.5) is 23.2 Å². The number of hydrogen-bond donors (Lipinski definition) is 1. The summed E-state index contributed by atoms with van der Waals surface area (Å²) >= 11 is 5.63. The Morgan fingerprint density at radius 2 is 1.93 bits per heavy atom. The summed E-state index contributed by atoms with van der Waals surface area (Å²) in [4.78, 5) is 33.9. The Morgan fingerprint density at radius 1 is 1.20 bits per heavy atom. The number of halogens is 4. The number of benzene rings is 1. The number of anilines is 1. The van der Waals surface area contributed by atoms with Gasteiger partial charge in [-0.2, -0.15) is 13.2 Å². The highest BCUT2D eigenvalue weighted by molar-refractivity contribution is 7.80. The fourth-order valence-electron chi connectivity index (χ4n) is 5.76. The number of thiocarbonyl (C=S) groups is 1. The van der Waals surface area contributed by atoms with Crippen molar-refractivity contribution in [3.05, 3.63) is 65.0 Å². The molecule has 2 aliphatic carbocycles. The first-order valence-electron chi connectivity index (χ1n) is 12.7. The number of carbonyl (C=O) groups excluding carboxylic acids is 2. The van der Waals surface area contributed by atoms with E-state index in [0.717, 1.165) is 11.0 Å². The fourth-order valence-corrected chi connectivity index (χ4v) is 6.29. The maximum absolute atomic E-state index is 15.5. The normalized spacial score (nSPS) is 27.6. The van der Waals surface area contributed by atoms with Gasteiger partial charge in [0.05, 0.1) is 18.7 Å². The van der Waals surface area contributed by atoms with E-state index in [4.69, 9.17) is 17.0 Å². The van der Waals surface area contributed by atoms with Crippen LogP contribution in [0.3, 0.4) is 0 Å². The lowest BCUT2D eigenvalue weighted by Gasteiger charge is -2.30. The summed E-state index contributed by atoms with van der Waals surface area (Å²) in [6, 6.07) is 2.72. The zero-order chi connectivity index (χ0) is 29.2. The molecule has 1 aromatic rings. The molecule has 2 heterocycles. The number of allylic oxidation sites excluding steroid dienone is 4. The molecule has 4 aliphatic rings. The molecule has 1 saturated heterocycles. The minimum absolute atomic E-state index is 0.0292. The first-order valence-corrected chi connectivity index (χ1v) is 13.1. The summed E-state index contributed by atoms with van der Waals surface area (Å²) in [7, 11) is 1.29. The van der Waals surface area contributed by atoms with Gasteiger partial charge in [0.1, 0.15) is 22.8 Å². The third-order valence-corrected chi connectivity index (χ3v) is 8.23. The molecule has 5 rings (SSSR count). The predicted octanol–water partition coefficient (Wildman–Crippen LogP) is 5.18. The number of ketones is 1. The van der Waals surface area contributed by atoms with Gasteiger partial charge in [-0.25, -0.2) is 4.39 Å². The molecule has 3 unspecified atom stereocenters. The van der Waals surface area contributed by atoms with Gasteiger partial charge in [-0.05, 0) is 75.5 Å². The van der Waals surface area contributed by atoms with Crippen molar-refractivity contribution in [2.75, 3.05) is 12.0 Å². The zero-order valence-electron chi connectivity index (χ0n) is 22.3. The highest BCUT2D eigenvalue weighted by atomic mass is 32.1. The van der Waals surface area contributed by atoms with E-state index < -0.39 is 47.4 Å². The zero-order valence-corrected chi connectivity index (χ0v) is 23.1. The molecular formula is C28H28F4N4O3S. The lowest BCUT2D eigenvalue weighted by atomic mass is 9.92. The average molecular weight is 577 g/mol. The highest BCUT2D eigenvalue weighted by Gasteiger charge is 2.53. The van der Waals surface area contributed by atoms with Gasteiger partial charge in [0.2, 0.25) is 0 Å². The Labute approximate surface area is 234 Å². The Kier molecular flexibility index (Phi) is 6.67. The predicted molar refractivity (Wildman–Crippen MR) is 145 cm³/mol. The van der Waals surface area contributed by atoms with E-state index in [-0.39, 0.29) is 45.6 Å². The Bertz CT molecular complexity index is 1430. The molecular weight excluding hydrogens is 548 g/mol. The Hall–Kier alpha value is -3.54. The Morgan fingerprint density at radius 3 is 2.55 bits per heavy atom. The molecule has 2 aliphatic heterocycles. The van der Waals surface area contributed by atoms with E-state index in [2.05, 4.69) is 10.3 Å². The highest BCUT2D eigenvalue weighted by Crippen LogP contribution is 2.44. The minimum atomic E-state index is -4.54. The number of nitrogens with one attached hydrogen (secondary N) is 1. The van der Waals surface area contributed by atoms with Crippen LogP contribution in [0.5, 0.6) is 0 Å². The van der Waals surface area contributed by atoms with Crippen molar-refractivity contribution in [2.45, 2.75) is 57.4 Å². The summed E-state index contributed by atoms with van der Waals surface area (Å²) in [5.41, 5.74) is -1.50. The molecule has 0 aromatic heterocycles. The van der Waals surface area contributed by atoms with Gasteiger partial charge in [-0.15, -0.1) is 0 Å². The molecule has 40 heavy (non-hydrogen) atoms. The molecule has 0 bridgehead atoms. The smallest absolute Gasteiger partial charge is 0.395 e. The van der Waals surface area contributed by atoms with Crippen molar-refractivity contribution >= 4 is 40.9 Å². The number of aliphatic imine (C=N–C) groups is 1. The van der Waals surface area contributed by atoms with Crippen LogP contribution in [0.2, 0.25) is 0 Å². The largest absolute Gasteiger partial charge is 0.495 e. The molecule has 0 saturated carbocycles. The van der Waals surface area contributed by atoms with Crippen molar-refractivity contribution < 1.29 is 31.9 Å². The quantitative estimate of drug-likeness (QED) is 0.385. The number of fused-ring (bicyclic) bond motifs is 1. The standard InChI is InChI=1S/C28H28F4N4O3S/c1-26(2)24(38)35(21-11-16(28(30,31)32)6-7-22(21)39-4)25(40)36(26)17-12-19-18(20(29)13-17)10-15(23(19)37)14-27(3)33-8-5-9-34-27/h5-9,12-13,15-16,33H,10-11,14H2,1-4H3. The van der Waals surface area contributed by atoms with Crippen LogP contribution in [0, 0.1) is 17.7 Å². The lowest BCUT2D eigenvalue weighted by Crippen LogP contribution is -2.44. The molecule has 0 spiro atoms. The number of methoxy groups -OCH3 is 1. The van der Waals surface area contributed by atoms with E-state index in [1.807, 2.05) is 6.92 Å². The van der Waals surface area contributed by atoms with Crippen LogP contribution in [-0.4, -0.2) is 52.4 Å². The number of hydrogen-bond acceptors (Lipinski definition) is 6. The van der Waals surface area contributed by atoms with Crippen molar-refractivity contribution in [2.24, 2.45) is 16.8 Å². The van der Waals surface area contributed by atoms with Gasteiger partial charge in [0.25, 0.3) is 5.91 Å². The van der Waals surface area contributed by atoms with Crippen LogP contribution < -0.4 is 10.2 Å². The van der Waals surface area contributed by atoms with Crippen molar-refractivity contribution in [1.29, 1.82) is 0 Å². The van der Waals surface area contributed by atoms with Gasteiger partial charge in [0.15, 0.2) is 10.9 Å². The monoisotopic (exact) mass is 576 g/mol. The number of alkyl halides is 3. The van der Waals surface area contributed by atoms with Crippen molar-refractivity contribution in [3.8, 4) is 0 Å². The van der Waals surface area contributed by atoms with E-state index in [0.29, 0.717) is 6.42 Å². The topological polar surface area (TPSA) is 74.2 Å². The molecule has 0 radical (unpaired) electrons. The first kappa shape index (κ1) is 28.0. The third kappa shape index (κ3) is 4.51. The molecule has 212 valence electrons. The van der Waals surface area contributed by atoms with Crippen LogP contribution in [0.25, 0.3) is 0 Å². The number of nitrogens with zero attached hydrogens (tertiary/aromatic N) is 3. The fraction of sp³-hybridized carbons (Fsp3) is 0.429. The summed E-state index contributed by atoms with van der Waals surface area (Å²) in [5, 5.41) is 3.01. The molecule has 1 amide bonds. The van der Waals surface area contributed by atoms with E-state index in [1.165, 1.54) is 30.2 Å². The second kappa shape index (κ2) is 9.53. The van der Waals surface area contributed by atoms with Gasteiger partial charge in [-0.3, -0.25) is 19.5 Å².